The molecule has 0 radical (unpaired) electrons. The maximum atomic E-state index is 12.5. The van der Waals surface area contributed by atoms with E-state index in [1.54, 1.807) is 0 Å². The van der Waals surface area contributed by atoms with Gasteiger partial charge in [0.25, 0.3) is 5.91 Å². The van der Waals surface area contributed by atoms with Gasteiger partial charge in [0.1, 0.15) is 10.7 Å². The molecule has 0 saturated heterocycles. The maximum absolute atomic E-state index is 12.5. The first-order valence-corrected chi connectivity index (χ1v) is 8.68. The van der Waals surface area contributed by atoms with Crippen molar-refractivity contribution < 1.29 is 4.79 Å². The van der Waals surface area contributed by atoms with Gasteiger partial charge in [-0.25, -0.2) is 4.98 Å². The molecule has 0 aliphatic heterocycles. The lowest BCUT2D eigenvalue weighted by molar-refractivity contribution is 0.0928. The van der Waals surface area contributed by atoms with Crippen LogP contribution in [-0.2, 0) is 0 Å². The van der Waals surface area contributed by atoms with Gasteiger partial charge in [0.2, 0.25) is 0 Å². The van der Waals surface area contributed by atoms with Gasteiger partial charge in [0.15, 0.2) is 5.13 Å². The highest BCUT2D eigenvalue weighted by Gasteiger charge is 2.40. The molecule has 116 valence electrons. The van der Waals surface area contributed by atoms with E-state index in [0.29, 0.717) is 22.7 Å². The van der Waals surface area contributed by atoms with Gasteiger partial charge in [-0.05, 0) is 37.5 Å². The Morgan fingerprint density at radius 1 is 1.48 bits per heavy atom. The van der Waals surface area contributed by atoms with Gasteiger partial charge in [-0.15, -0.1) is 0 Å². The quantitative estimate of drug-likeness (QED) is 0.876. The predicted octanol–water partition coefficient (Wildman–Crippen LogP) is 2.49. The van der Waals surface area contributed by atoms with Crippen molar-refractivity contribution in [3.63, 3.8) is 0 Å². The number of nitrogen functional groups attached to an aromatic ring is 1. The summed E-state index contributed by atoms with van der Waals surface area (Å²) in [6.45, 7) is 3.04. The number of nitrogens with one attached hydrogen (secondary N) is 1. The Hall–Kier alpha value is -1.30. The molecule has 1 aromatic heterocycles. The lowest BCUT2D eigenvalue weighted by Crippen LogP contribution is -2.38. The number of nitrogens with two attached hydrogens (primary N) is 1. The van der Waals surface area contributed by atoms with Crippen molar-refractivity contribution in [1.29, 1.82) is 0 Å². The summed E-state index contributed by atoms with van der Waals surface area (Å²) in [6, 6.07) is 0.342. The molecule has 0 spiro atoms. The van der Waals surface area contributed by atoms with Crippen molar-refractivity contribution in [2.45, 2.75) is 45.1 Å². The Morgan fingerprint density at radius 2 is 2.29 bits per heavy atom. The molecule has 3 unspecified atom stereocenters. The number of thiazole rings is 1. The zero-order chi connectivity index (χ0) is 15.0. The fourth-order valence-corrected chi connectivity index (χ4v) is 4.61. The second kappa shape index (κ2) is 5.83. The van der Waals surface area contributed by atoms with Crippen LogP contribution in [0, 0.1) is 11.8 Å². The predicted molar refractivity (Wildman–Crippen MR) is 86.8 cm³/mol. The molecule has 2 aliphatic rings. The Morgan fingerprint density at radius 3 is 2.90 bits per heavy atom. The molecule has 3 rings (SSSR count). The van der Waals surface area contributed by atoms with E-state index in [2.05, 4.69) is 22.1 Å². The highest BCUT2D eigenvalue weighted by atomic mass is 32.1. The molecule has 0 aromatic carbocycles. The molecular weight excluding hydrogens is 284 g/mol. The number of carbonyl (C=O) groups is 1. The van der Waals surface area contributed by atoms with Gasteiger partial charge in [-0.2, -0.15) is 0 Å². The largest absolute Gasteiger partial charge is 0.382 e. The highest BCUT2D eigenvalue weighted by molar-refractivity contribution is 7.18. The van der Waals surface area contributed by atoms with Crippen LogP contribution in [-0.4, -0.2) is 30.5 Å². The summed E-state index contributed by atoms with van der Waals surface area (Å²) in [7, 11) is 1.99. The molecule has 5 nitrogen and oxygen atoms in total. The van der Waals surface area contributed by atoms with Gasteiger partial charge in [0.05, 0.1) is 0 Å². The van der Waals surface area contributed by atoms with Crippen molar-refractivity contribution >= 4 is 28.2 Å². The summed E-state index contributed by atoms with van der Waals surface area (Å²) < 4.78 is 0. The molecule has 2 aliphatic carbocycles. The van der Waals surface area contributed by atoms with Crippen molar-refractivity contribution in [1.82, 2.24) is 10.3 Å². The minimum absolute atomic E-state index is 0.0429. The first kappa shape index (κ1) is 14.6. The van der Waals surface area contributed by atoms with Crippen LogP contribution in [0.3, 0.4) is 0 Å². The van der Waals surface area contributed by atoms with Gasteiger partial charge in [-0.3, -0.25) is 4.79 Å². The third kappa shape index (κ3) is 2.86. The lowest BCUT2D eigenvalue weighted by Gasteiger charge is -2.22. The van der Waals surface area contributed by atoms with Crippen LogP contribution in [0.25, 0.3) is 0 Å². The Balaban J connectivity index is 1.67. The van der Waals surface area contributed by atoms with Crippen molar-refractivity contribution in [2.24, 2.45) is 11.8 Å². The number of carbonyl (C=O) groups excluding carboxylic acids is 1. The summed E-state index contributed by atoms with van der Waals surface area (Å²) in [5.41, 5.74) is 5.94. The van der Waals surface area contributed by atoms with E-state index in [1.165, 1.54) is 30.6 Å². The summed E-state index contributed by atoms with van der Waals surface area (Å²) in [5.74, 6) is 1.82. The molecule has 21 heavy (non-hydrogen) atoms. The normalized spacial score (nSPS) is 27.0. The van der Waals surface area contributed by atoms with Crippen LogP contribution >= 0.6 is 11.3 Å². The smallest absolute Gasteiger partial charge is 0.265 e. The van der Waals surface area contributed by atoms with E-state index in [4.69, 9.17) is 5.73 Å². The number of aromatic nitrogens is 1. The van der Waals surface area contributed by atoms with Crippen LogP contribution in [0.2, 0.25) is 0 Å². The fraction of sp³-hybridized carbons (Fsp3) is 0.733. The number of anilines is 2. The summed E-state index contributed by atoms with van der Waals surface area (Å²) >= 11 is 1.40. The summed E-state index contributed by atoms with van der Waals surface area (Å²) in [6.07, 6.45) is 6.07. The maximum Gasteiger partial charge on any atom is 0.265 e. The van der Waals surface area contributed by atoms with Gasteiger partial charge in [-0.1, -0.05) is 24.7 Å². The second-order valence-electron chi connectivity index (χ2n) is 6.39. The number of fused-ring (bicyclic) bond motifs is 2. The molecule has 3 atom stereocenters. The van der Waals surface area contributed by atoms with E-state index in [9.17, 15) is 4.79 Å². The SMILES string of the molecule is CCCN(C)c1nc(N)c(C(=O)NC2CC3CCC2C3)s1. The zero-order valence-corrected chi connectivity index (χ0v) is 13.6. The number of hydrogen-bond acceptors (Lipinski definition) is 5. The zero-order valence-electron chi connectivity index (χ0n) is 12.8. The average Bonchev–Trinajstić information content (AvgIpc) is 3.13. The van der Waals surface area contributed by atoms with Crippen molar-refractivity contribution in [2.75, 3.05) is 24.2 Å². The summed E-state index contributed by atoms with van der Waals surface area (Å²) in [4.78, 5) is 19.4. The molecule has 6 heteroatoms. The lowest BCUT2D eigenvalue weighted by atomic mass is 9.95. The first-order chi connectivity index (χ1) is 10.1. The Kier molecular flexibility index (Phi) is 4.06. The number of hydrogen-bond donors (Lipinski definition) is 2. The van der Waals surface area contributed by atoms with E-state index in [1.807, 2.05) is 7.05 Å². The average molecular weight is 308 g/mol. The van der Waals surface area contributed by atoms with E-state index >= 15 is 0 Å². The molecule has 2 bridgehead atoms. The monoisotopic (exact) mass is 308 g/mol. The van der Waals surface area contributed by atoms with Crippen LogP contribution in [0.1, 0.15) is 48.7 Å². The third-order valence-corrected chi connectivity index (χ3v) is 5.97. The molecule has 2 saturated carbocycles. The van der Waals surface area contributed by atoms with Crippen molar-refractivity contribution in [3.05, 3.63) is 4.88 Å². The molecule has 1 heterocycles. The fourth-order valence-electron chi connectivity index (χ4n) is 3.73. The van der Waals surface area contributed by atoms with Crippen LogP contribution in [0.5, 0.6) is 0 Å². The topological polar surface area (TPSA) is 71.2 Å². The molecule has 2 fully saturated rings. The molecular formula is C15H24N4OS. The first-order valence-electron chi connectivity index (χ1n) is 7.86. The minimum atomic E-state index is -0.0429. The molecule has 1 amide bonds. The van der Waals surface area contributed by atoms with Gasteiger partial charge >= 0.3 is 0 Å². The Bertz CT molecular complexity index is 530. The molecule has 1 aromatic rings. The Labute approximate surface area is 129 Å². The van der Waals surface area contributed by atoms with Crippen LogP contribution in [0.4, 0.5) is 10.9 Å². The van der Waals surface area contributed by atoms with E-state index < -0.39 is 0 Å². The van der Waals surface area contributed by atoms with E-state index in [0.717, 1.165) is 30.4 Å². The number of rotatable bonds is 5. The highest BCUT2D eigenvalue weighted by Crippen LogP contribution is 2.44. The minimum Gasteiger partial charge on any atom is -0.382 e. The third-order valence-electron chi connectivity index (χ3n) is 4.79. The number of nitrogens with zero attached hydrogens (tertiary/aromatic N) is 2. The van der Waals surface area contributed by atoms with Crippen molar-refractivity contribution in [3.8, 4) is 0 Å². The summed E-state index contributed by atoms with van der Waals surface area (Å²) in [5, 5.41) is 4.01. The second-order valence-corrected chi connectivity index (χ2v) is 7.36. The van der Waals surface area contributed by atoms with Gasteiger partial charge < -0.3 is 16.0 Å². The van der Waals surface area contributed by atoms with E-state index in [-0.39, 0.29) is 5.91 Å². The van der Waals surface area contributed by atoms with Crippen LogP contribution in [0.15, 0.2) is 0 Å². The molecule has 3 N–H and O–H groups in total. The van der Waals surface area contributed by atoms with Crippen LogP contribution < -0.4 is 16.0 Å². The number of amides is 1. The standard InChI is InChI=1S/C15H24N4OS/c1-3-6-19(2)15-18-13(16)12(21-15)14(20)17-11-8-9-4-5-10(11)7-9/h9-11H,3-8,16H2,1-2H3,(H,17,20). The van der Waals surface area contributed by atoms with Gasteiger partial charge in [0, 0.05) is 19.6 Å².